The first-order chi connectivity index (χ1) is 14.2. The van der Waals surface area contributed by atoms with Crippen molar-refractivity contribution < 1.29 is 23.9 Å². The molecular formula is C20H19N2O6PS. The van der Waals surface area contributed by atoms with Gasteiger partial charge in [-0.3, -0.25) is 14.7 Å². The van der Waals surface area contributed by atoms with Gasteiger partial charge in [0, 0.05) is 18.1 Å². The number of nitrogens with one attached hydrogen (secondary N) is 1. The molecule has 30 heavy (non-hydrogen) atoms. The van der Waals surface area contributed by atoms with Crippen LogP contribution in [0.5, 0.6) is 0 Å². The van der Waals surface area contributed by atoms with Gasteiger partial charge in [-0.15, -0.1) is 11.3 Å². The average Bonchev–Trinajstić information content (AvgIpc) is 3.11. The number of nitro benzene ring substituents is 1. The number of nitrogens with zero attached hydrogens (tertiary/aromatic N) is 1. The van der Waals surface area contributed by atoms with Crippen molar-refractivity contribution in [1.29, 1.82) is 0 Å². The predicted molar refractivity (Wildman–Crippen MR) is 117 cm³/mol. The number of thiophene rings is 1. The van der Waals surface area contributed by atoms with E-state index < -0.39 is 18.4 Å². The van der Waals surface area contributed by atoms with Crippen LogP contribution in [0.4, 0.5) is 11.4 Å². The van der Waals surface area contributed by atoms with Crippen molar-refractivity contribution >= 4 is 41.5 Å². The molecule has 0 bridgehead atoms. The number of anilines is 1. The van der Waals surface area contributed by atoms with Gasteiger partial charge >= 0.3 is 13.5 Å². The fraction of sp³-hybridized carbons (Fsp3) is 0.150. The molecule has 1 heterocycles. The maximum absolute atomic E-state index is 13.6. The Labute approximate surface area is 176 Å². The molecule has 2 N–H and O–H groups in total. The van der Waals surface area contributed by atoms with Gasteiger partial charge in [-0.05, 0) is 37.6 Å². The van der Waals surface area contributed by atoms with E-state index in [1.807, 2.05) is 13.0 Å². The lowest BCUT2D eigenvalue weighted by atomic mass is 10.1. The second kappa shape index (κ2) is 8.39. The number of carboxylic acid groups (broad SMARTS) is 1. The van der Waals surface area contributed by atoms with E-state index in [-0.39, 0.29) is 21.8 Å². The van der Waals surface area contributed by atoms with E-state index >= 15 is 0 Å². The summed E-state index contributed by atoms with van der Waals surface area (Å²) in [4.78, 5) is 22.9. The third-order valence-corrected chi connectivity index (χ3v) is 7.83. The molecule has 0 aliphatic rings. The number of carbonyl (C=O) groups is 1. The molecule has 1 aromatic heterocycles. The zero-order valence-electron chi connectivity index (χ0n) is 16.4. The summed E-state index contributed by atoms with van der Waals surface area (Å²) in [5, 5.41) is 24.2. The Kier molecular flexibility index (Phi) is 6.07. The minimum Gasteiger partial charge on any atom is -0.477 e. The number of benzene rings is 2. The summed E-state index contributed by atoms with van der Waals surface area (Å²) in [6.45, 7) is 3.70. The summed E-state index contributed by atoms with van der Waals surface area (Å²) < 4.78 is 18.9. The molecular weight excluding hydrogens is 427 g/mol. The molecule has 0 amide bonds. The van der Waals surface area contributed by atoms with E-state index in [0.717, 1.165) is 22.5 Å². The summed E-state index contributed by atoms with van der Waals surface area (Å²) in [7, 11) is -2.37. The third kappa shape index (κ3) is 4.14. The average molecular weight is 446 g/mol. The van der Waals surface area contributed by atoms with Crippen LogP contribution in [0.15, 0.2) is 48.5 Å². The molecule has 0 saturated heterocycles. The van der Waals surface area contributed by atoms with Gasteiger partial charge in [0.2, 0.25) is 0 Å². The molecule has 156 valence electrons. The van der Waals surface area contributed by atoms with Crippen LogP contribution in [0.25, 0.3) is 10.4 Å². The van der Waals surface area contributed by atoms with Gasteiger partial charge in [-0.1, -0.05) is 29.8 Å². The Bertz CT molecular complexity index is 1190. The maximum atomic E-state index is 13.6. The molecule has 0 aliphatic heterocycles. The van der Waals surface area contributed by atoms with Gasteiger partial charge < -0.3 is 14.7 Å². The molecule has 1 atom stereocenters. The van der Waals surface area contributed by atoms with E-state index in [1.54, 1.807) is 31.2 Å². The van der Waals surface area contributed by atoms with Crippen LogP contribution in [-0.4, -0.2) is 23.1 Å². The van der Waals surface area contributed by atoms with Gasteiger partial charge in [0.25, 0.3) is 5.69 Å². The number of para-hydroxylation sites is 1. The zero-order valence-corrected chi connectivity index (χ0v) is 18.1. The fourth-order valence-electron chi connectivity index (χ4n) is 3.11. The lowest BCUT2D eigenvalue weighted by Crippen LogP contribution is -2.17. The fourth-order valence-corrected chi connectivity index (χ4v) is 5.87. The van der Waals surface area contributed by atoms with Crippen molar-refractivity contribution in [3.63, 3.8) is 0 Å². The first-order valence-corrected chi connectivity index (χ1v) is 11.2. The molecule has 0 saturated carbocycles. The molecule has 3 aromatic rings. The minimum atomic E-state index is -3.65. The van der Waals surface area contributed by atoms with Crippen LogP contribution >= 0.6 is 18.9 Å². The molecule has 0 radical (unpaired) electrons. The summed E-state index contributed by atoms with van der Waals surface area (Å²) in [5.41, 5.74) is 1.93. The summed E-state index contributed by atoms with van der Waals surface area (Å²) in [6, 6.07) is 12.8. The Morgan fingerprint density at radius 1 is 1.20 bits per heavy atom. The van der Waals surface area contributed by atoms with Crippen LogP contribution < -0.4 is 10.4 Å². The molecule has 0 fully saturated rings. The summed E-state index contributed by atoms with van der Waals surface area (Å²) >= 11 is 0.862. The molecule has 2 aromatic carbocycles. The Morgan fingerprint density at radius 3 is 2.50 bits per heavy atom. The second-order valence-electron chi connectivity index (χ2n) is 6.57. The lowest BCUT2D eigenvalue weighted by Gasteiger charge is -2.20. The normalized spacial score (nSPS) is 12.9. The van der Waals surface area contributed by atoms with Crippen LogP contribution in [-0.2, 0) is 9.09 Å². The van der Waals surface area contributed by atoms with Crippen molar-refractivity contribution in [2.45, 2.75) is 13.8 Å². The Balaban J connectivity index is 2.11. The van der Waals surface area contributed by atoms with E-state index in [9.17, 15) is 24.6 Å². The standard InChI is InChI=1S/C20H19N2O6PS/c1-12-8-9-17(13(2)10-12)29(27,28-3)21-15-11-18(30-19(15)20(23)24)14-6-4-5-7-16(14)22(25)26/h4-11H,1-3H3,(H,21,27)(H,23,24). The van der Waals surface area contributed by atoms with E-state index in [4.69, 9.17) is 4.52 Å². The first-order valence-electron chi connectivity index (χ1n) is 8.79. The monoisotopic (exact) mass is 446 g/mol. The second-order valence-corrected chi connectivity index (χ2v) is 9.79. The number of hydrogen-bond acceptors (Lipinski definition) is 6. The van der Waals surface area contributed by atoms with Crippen LogP contribution in [0, 0.1) is 24.0 Å². The lowest BCUT2D eigenvalue weighted by molar-refractivity contribution is -0.384. The zero-order chi connectivity index (χ0) is 22.1. The van der Waals surface area contributed by atoms with E-state index in [0.29, 0.717) is 10.2 Å². The van der Waals surface area contributed by atoms with Crippen molar-refractivity contribution in [3.05, 3.63) is 74.6 Å². The Morgan fingerprint density at radius 2 is 1.90 bits per heavy atom. The largest absolute Gasteiger partial charge is 0.477 e. The Hall–Kier alpha value is -3.00. The van der Waals surface area contributed by atoms with Crippen LogP contribution in [0.1, 0.15) is 20.8 Å². The van der Waals surface area contributed by atoms with Crippen LogP contribution in [0.3, 0.4) is 0 Å². The minimum absolute atomic E-state index is 0.0748. The van der Waals surface area contributed by atoms with Gasteiger partial charge in [0.1, 0.15) is 4.88 Å². The van der Waals surface area contributed by atoms with Crippen molar-refractivity contribution in [2.24, 2.45) is 0 Å². The molecule has 10 heteroatoms. The quantitative estimate of drug-likeness (QED) is 0.290. The van der Waals surface area contributed by atoms with Crippen molar-refractivity contribution in [1.82, 2.24) is 0 Å². The van der Waals surface area contributed by atoms with Gasteiger partial charge in [0.05, 0.1) is 21.5 Å². The topological polar surface area (TPSA) is 119 Å². The van der Waals surface area contributed by atoms with Gasteiger partial charge in [0.15, 0.2) is 0 Å². The number of rotatable bonds is 7. The molecule has 0 spiro atoms. The highest BCUT2D eigenvalue weighted by Gasteiger charge is 2.30. The van der Waals surface area contributed by atoms with Crippen molar-refractivity contribution in [3.8, 4) is 10.4 Å². The predicted octanol–water partition coefficient (Wildman–Crippen LogP) is 5.22. The van der Waals surface area contributed by atoms with E-state index in [1.165, 1.54) is 25.3 Å². The summed E-state index contributed by atoms with van der Waals surface area (Å²) in [5.74, 6) is -1.24. The molecule has 3 rings (SSSR count). The van der Waals surface area contributed by atoms with Crippen molar-refractivity contribution in [2.75, 3.05) is 12.2 Å². The number of carboxylic acids is 1. The molecule has 0 aliphatic carbocycles. The van der Waals surface area contributed by atoms with Gasteiger partial charge in [-0.2, -0.15) is 0 Å². The number of nitro groups is 1. The number of aromatic carboxylic acids is 1. The maximum Gasteiger partial charge on any atom is 0.348 e. The first kappa shape index (κ1) is 21.7. The molecule has 8 nitrogen and oxygen atoms in total. The smallest absolute Gasteiger partial charge is 0.348 e. The SMILES string of the molecule is COP(=O)(Nc1cc(-c2ccccc2[N+](=O)[O-])sc1C(=O)O)c1ccc(C)cc1C. The highest BCUT2D eigenvalue weighted by atomic mass is 32.1. The van der Waals surface area contributed by atoms with Gasteiger partial charge in [-0.25, -0.2) is 4.79 Å². The highest BCUT2D eigenvalue weighted by molar-refractivity contribution is 7.68. The van der Waals surface area contributed by atoms with E-state index in [2.05, 4.69) is 5.09 Å². The number of aryl methyl sites for hydroxylation is 2. The summed E-state index contributed by atoms with van der Waals surface area (Å²) in [6.07, 6.45) is 0. The highest BCUT2D eigenvalue weighted by Crippen LogP contribution is 2.49. The molecule has 1 unspecified atom stereocenters. The third-order valence-electron chi connectivity index (χ3n) is 4.49. The van der Waals surface area contributed by atoms with Crippen LogP contribution in [0.2, 0.25) is 0 Å². The number of hydrogen-bond donors (Lipinski definition) is 2.